The molecule has 20 heavy (non-hydrogen) atoms. The molecule has 0 radical (unpaired) electrons. The van der Waals surface area contributed by atoms with Crippen LogP contribution in [0.3, 0.4) is 0 Å². The second kappa shape index (κ2) is 5.25. The van der Waals surface area contributed by atoms with Crippen LogP contribution in [-0.4, -0.2) is 15.1 Å². The van der Waals surface area contributed by atoms with Gasteiger partial charge in [0.1, 0.15) is 12.1 Å². The van der Waals surface area contributed by atoms with Gasteiger partial charge in [0.2, 0.25) is 5.71 Å². The number of rotatable bonds is 2. The predicted octanol–water partition coefficient (Wildman–Crippen LogP) is 1.60. The molecule has 2 rings (SSSR count). The molecule has 0 amide bonds. The lowest BCUT2D eigenvalue weighted by atomic mass is 10.3. The summed E-state index contributed by atoms with van der Waals surface area (Å²) in [6.45, 7) is 1.71. The van der Waals surface area contributed by atoms with Gasteiger partial charge in [-0.3, -0.25) is 9.48 Å². The van der Waals surface area contributed by atoms with Crippen LogP contribution in [0.25, 0.3) is 5.69 Å². The highest BCUT2D eigenvalue weighted by Crippen LogP contribution is 2.16. The molecule has 98 valence electrons. The minimum absolute atomic E-state index is 0.106. The van der Waals surface area contributed by atoms with E-state index in [9.17, 15) is 4.79 Å². The summed E-state index contributed by atoms with van der Waals surface area (Å²) in [4.78, 5) is 16.2. The van der Waals surface area contributed by atoms with Gasteiger partial charge in [-0.25, -0.2) is 9.67 Å². The second-order valence-electron chi connectivity index (χ2n) is 4.09. The maximum Gasteiger partial charge on any atom is 0.297 e. The van der Waals surface area contributed by atoms with Crippen LogP contribution in [0.2, 0.25) is 0 Å². The summed E-state index contributed by atoms with van der Waals surface area (Å²) in [6, 6.07) is 12.4. The molecule has 0 spiro atoms. The quantitative estimate of drug-likeness (QED) is 0.773. The van der Waals surface area contributed by atoms with Crippen LogP contribution < -0.4 is 5.56 Å². The maximum absolute atomic E-state index is 12.4. The number of aliphatic imine (C=N–C) groups is 1. The van der Waals surface area contributed by atoms with Gasteiger partial charge in [-0.15, -0.1) is 0 Å². The van der Waals surface area contributed by atoms with E-state index in [1.165, 1.54) is 4.68 Å². The van der Waals surface area contributed by atoms with Crippen LogP contribution in [0.4, 0.5) is 5.69 Å². The van der Waals surface area contributed by atoms with E-state index in [0.29, 0.717) is 11.4 Å². The van der Waals surface area contributed by atoms with E-state index < -0.39 is 0 Å². The first-order valence-corrected chi connectivity index (χ1v) is 5.83. The third-order valence-electron chi connectivity index (χ3n) is 2.96. The third kappa shape index (κ3) is 2.11. The first-order valence-electron chi connectivity index (χ1n) is 5.83. The van der Waals surface area contributed by atoms with Gasteiger partial charge in [0.05, 0.1) is 11.4 Å². The zero-order valence-corrected chi connectivity index (χ0v) is 11.0. The smallest absolute Gasteiger partial charge is 0.283 e. The first-order chi connectivity index (χ1) is 9.60. The Morgan fingerprint density at radius 2 is 1.80 bits per heavy atom. The maximum atomic E-state index is 12.4. The van der Waals surface area contributed by atoms with E-state index in [-0.39, 0.29) is 17.0 Å². The van der Waals surface area contributed by atoms with Crippen LogP contribution in [-0.2, 0) is 7.05 Å². The molecule has 1 aromatic carbocycles. The van der Waals surface area contributed by atoms with E-state index >= 15 is 0 Å². The van der Waals surface area contributed by atoms with Crippen LogP contribution in [0, 0.1) is 29.6 Å². The first kappa shape index (κ1) is 13.3. The Morgan fingerprint density at radius 3 is 2.35 bits per heavy atom. The molecule has 0 N–H and O–H groups in total. The molecule has 0 bridgehead atoms. The number of para-hydroxylation sites is 1. The summed E-state index contributed by atoms with van der Waals surface area (Å²) < 4.78 is 3.09. The van der Waals surface area contributed by atoms with Crippen molar-refractivity contribution < 1.29 is 0 Å². The number of hydrogen-bond acceptors (Lipinski definition) is 4. The summed E-state index contributed by atoms with van der Waals surface area (Å²) in [5.41, 5.74) is 0.687. The summed E-state index contributed by atoms with van der Waals surface area (Å²) in [6.07, 6.45) is 0. The molecule has 1 heterocycles. The van der Waals surface area contributed by atoms with E-state index in [1.54, 1.807) is 42.9 Å². The second-order valence-corrected chi connectivity index (χ2v) is 4.09. The number of benzene rings is 1. The van der Waals surface area contributed by atoms with Crippen LogP contribution in [0.15, 0.2) is 40.1 Å². The summed E-state index contributed by atoms with van der Waals surface area (Å²) in [5, 5.41) is 17.5. The molecule has 6 nitrogen and oxygen atoms in total. The molecule has 0 saturated carbocycles. The molecule has 0 aliphatic rings. The summed E-state index contributed by atoms with van der Waals surface area (Å²) in [5.74, 6) is 0. The lowest BCUT2D eigenvalue weighted by Gasteiger charge is -2.07. The Balaban J connectivity index is 2.72. The normalized spacial score (nSPS) is 9.60. The van der Waals surface area contributed by atoms with Gasteiger partial charge in [0, 0.05) is 7.05 Å². The highest BCUT2D eigenvalue weighted by atomic mass is 16.1. The van der Waals surface area contributed by atoms with Gasteiger partial charge >= 0.3 is 0 Å². The van der Waals surface area contributed by atoms with Gasteiger partial charge in [-0.1, -0.05) is 18.2 Å². The molecule has 1 aromatic heterocycles. The van der Waals surface area contributed by atoms with Gasteiger partial charge in [-0.2, -0.15) is 10.5 Å². The SMILES string of the molecule is Cc1c(N=C(C#N)C#N)c(=O)n(-c2ccccc2)n1C. The van der Waals surface area contributed by atoms with Crippen LogP contribution >= 0.6 is 0 Å². The average molecular weight is 265 g/mol. The van der Waals surface area contributed by atoms with Crippen molar-refractivity contribution in [3.8, 4) is 17.8 Å². The minimum Gasteiger partial charge on any atom is -0.283 e. The Bertz CT molecular complexity index is 796. The zero-order chi connectivity index (χ0) is 14.7. The lowest BCUT2D eigenvalue weighted by Crippen LogP contribution is -2.19. The number of nitrogens with zero attached hydrogens (tertiary/aromatic N) is 5. The highest BCUT2D eigenvalue weighted by Gasteiger charge is 2.16. The lowest BCUT2D eigenvalue weighted by molar-refractivity contribution is 0.630. The van der Waals surface area contributed by atoms with Gasteiger partial charge in [-0.05, 0) is 19.1 Å². The van der Waals surface area contributed by atoms with E-state index in [0.717, 1.165) is 0 Å². The minimum atomic E-state index is -0.362. The van der Waals surface area contributed by atoms with Gasteiger partial charge in [0.15, 0.2) is 5.69 Å². The molecule has 2 aromatic rings. The Hall–Kier alpha value is -3.12. The number of aromatic nitrogens is 2. The number of nitriles is 2. The standard InChI is InChI=1S/C14H11N5O/c1-10-13(17-11(8-15)9-16)14(20)19(18(10)2)12-6-4-3-5-7-12/h3-7H,1-2H3. The molecule has 0 aliphatic carbocycles. The van der Waals surface area contributed by atoms with Crippen molar-refractivity contribution in [1.82, 2.24) is 9.36 Å². The largest absolute Gasteiger partial charge is 0.297 e. The molecule has 0 saturated heterocycles. The monoisotopic (exact) mass is 265 g/mol. The Morgan fingerprint density at radius 1 is 1.20 bits per heavy atom. The third-order valence-corrected chi connectivity index (χ3v) is 2.96. The zero-order valence-electron chi connectivity index (χ0n) is 11.0. The van der Waals surface area contributed by atoms with Crippen molar-refractivity contribution in [3.63, 3.8) is 0 Å². The average Bonchev–Trinajstić information content (AvgIpc) is 2.68. The van der Waals surface area contributed by atoms with Crippen molar-refractivity contribution in [3.05, 3.63) is 46.4 Å². The van der Waals surface area contributed by atoms with Crippen molar-refractivity contribution in [1.29, 1.82) is 10.5 Å². The molecule has 0 unspecified atom stereocenters. The fourth-order valence-electron chi connectivity index (χ4n) is 1.87. The topological polar surface area (TPSA) is 86.9 Å². The summed E-state index contributed by atoms with van der Waals surface area (Å²) >= 11 is 0. The van der Waals surface area contributed by atoms with Crippen molar-refractivity contribution in [2.24, 2.45) is 12.0 Å². The number of hydrogen-bond donors (Lipinski definition) is 0. The van der Waals surface area contributed by atoms with Crippen molar-refractivity contribution in [2.45, 2.75) is 6.92 Å². The molecular weight excluding hydrogens is 254 g/mol. The molecule has 0 atom stereocenters. The fourth-order valence-corrected chi connectivity index (χ4v) is 1.87. The fraction of sp³-hybridized carbons (Fsp3) is 0.143. The Kier molecular flexibility index (Phi) is 3.49. The van der Waals surface area contributed by atoms with Crippen molar-refractivity contribution in [2.75, 3.05) is 0 Å². The van der Waals surface area contributed by atoms with Gasteiger partial charge in [0.25, 0.3) is 5.56 Å². The van der Waals surface area contributed by atoms with E-state index in [2.05, 4.69) is 4.99 Å². The van der Waals surface area contributed by atoms with Crippen molar-refractivity contribution >= 4 is 11.4 Å². The Labute approximate surface area is 115 Å². The predicted molar refractivity (Wildman–Crippen MR) is 74.1 cm³/mol. The van der Waals surface area contributed by atoms with E-state index in [1.807, 2.05) is 18.2 Å². The van der Waals surface area contributed by atoms with Crippen LogP contribution in [0.1, 0.15) is 5.69 Å². The van der Waals surface area contributed by atoms with Gasteiger partial charge < -0.3 is 0 Å². The highest BCUT2D eigenvalue weighted by molar-refractivity contribution is 6.11. The molecule has 0 aliphatic heterocycles. The van der Waals surface area contributed by atoms with Crippen LogP contribution in [0.5, 0.6) is 0 Å². The summed E-state index contributed by atoms with van der Waals surface area (Å²) in [7, 11) is 1.72. The molecule has 0 fully saturated rings. The molecular formula is C14H11N5O. The van der Waals surface area contributed by atoms with E-state index in [4.69, 9.17) is 10.5 Å². The molecule has 6 heteroatoms.